The van der Waals surface area contributed by atoms with E-state index in [0.717, 1.165) is 42.6 Å². The summed E-state index contributed by atoms with van der Waals surface area (Å²) in [6.07, 6.45) is 7.21. The third-order valence-corrected chi connectivity index (χ3v) is 4.05. The van der Waals surface area contributed by atoms with Crippen LogP contribution in [0.4, 0.5) is 11.6 Å². The minimum atomic E-state index is 0.120. The number of hydrogen-bond donors (Lipinski definition) is 3. The summed E-state index contributed by atoms with van der Waals surface area (Å²) in [5.74, 6) is 0.631. The van der Waals surface area contributed by atoms with Gasteiger partial charge >= 0.3 is 0 Å². The SMILES string of the molecule is Nc1ncc(-c2ccccc2NC(=O)C2CCCCC2)[nH]1. The number of nitrogens with zero attached hydrogens (tertiary/aromatic N) is 1. The number of H-pyrrole nitrogens is 1. The number of hydrogen-bond acceptors (Lipinski definition) is 3. The van der Waals surface area contributed by atoms with E-state index in [2.05, 4.69) is 15.3 Å². The fraction of sp³-hybridized carbons (Fsp3) is 0.375. The number of carbonyl (C=O) groups is 1. The molecule has 1 heterocycles. The summed E-state index contributed by atoms with van der Waals surface area (Å²) >= 11 is 0. The normalized spacial score (nSPS) is 15.8. The first-order valence-corrected chi connectivity index (χ1v) is 7.45. The Bertz CT molecular complexity index is 629. The highest BCUT2D eigenvalue weighted by Crippen LogP contribution is 2.29. The molecule has 1 aliphatic carbocycles. The van der Waals surface area contributed by atoms with Gasteiger partial charge < -0.3 is 16.0 Å². The van der Waals surface area contributed by atoms with Crippen molar-refractivity contribution in [3.8, 4) is 11.3 Å². The molecule has 2 aromatic rings. The standard InChI is InChI=1S/C16H20N4O/c17-16-18-10-14(20-16)12-8-4-5-9-13(12)19-15(21)11-6-2-1-3-7-11/h4-5,8-11H,1-3,6-7H2,(H,19,21)(H3,17,18,20). The molecular weight excluding hydrogens is 264 g/mol. The number of aromatic amines is 1. The molecule has 21 heavy (non-hydrogen) atoms. The predicted octanol–water partition coefficient (Wildman–Crippen LogP) is 3.18. The van der Waals surface area contributed by atoms with Gasteiger partial charge in [0.1, 0.15) is 0 Å². The molecule has 3 rings (SSSR count). The van der Waals surface area contributed by atoms with Gasteiger partial charge in [-0.15, -0.1) is 0 Å². The van der Waals surface area contributed by atoms with Crippen LogP contribution in [-0.2, 0) is 4.79 Å². The Hall–Kier alpha value is -2.30. The van der Waals surface area contributed by atoms with Crippen LogP contribution >= 0.6 is 0 Å². The number of amides is 1. The van der Waals surface area contributed by atoms with Crippen molar-refractivity contribution in [3.63, 3.8) is 0 Å². The number of benzene rings is 1. The molecule has 1 fully saturated rings. The van der Waals surface area contributed by atoms with E-state index in [1.54, 1.807) is 6.20 Å². The van der Waals surface area contributed by atoms with E-state index in [1.807, 2.05) is 24.3 Å². The van der Waals surface area contributed by atoms with Crippen LogP contribution in [0.2, 0.25) is 0 Å². The van der Waals surface area contributed by atoms with E-state index in [9.17, 15) is 4.79 Å². The lowest BCUT2D eigenvalue weighted by Gasteiger charge is -2.21. The van der Waals surface area contributed by atoms with Crippen LogP contribution in [0.3, 0.4) is 0 Å². The largest absolute Gasteiger partial charge is 0.369 e. The maximum Gasteiger partial charge on any atom is 0.227 e. The van der Waals surface area contributed by atoms with Crippen molar-refractivity contribution in [2.75, 3.05) is 11.1 Å². The lowest BCUT2D eigenvalue weighted by atomic mass is 9.88. The molecule has 1 aliphatic rings. The van der Waals surface area contributed by atoms with E-state index in [1.165, 1.54) is 6.42 Å². The van der Waals surface area contributed by atoms with Gasteiger partial charge in [-0.05, 0) is 18.9 Å². The van der Waals surface area contributed by atoms with Crippen LogP contribution in [0.5, 0.6) is 0 Å². The fourth-order valence-corrected chi connectivity index (χ4v) is 2.90. The third-order valence-electron chi connectivity index (χ3n) is 4.05. The number of para-hydroxylation sites is 1. The van der Waals surface area contributed by atoms with Crippen molar-refractivity contribution in [1.82, 2.24) is 9.97 Å². The molecule has 1 aromatic carbocycles. The van der Waals surface area contributed by atoms with Gasteiger partial charge in [-0.2, -0.15) is 0 Å². The molecule has 0 unspecified atom stereocenters. The monoisotopic (exact) mass is 284 g/mol. The lowest BCUT2D eigenvalue weighted by molar-refractivity contribution is -0.120. The third kappa shape index (κ3) is 3.07. The summed E-state index contributed by atoms with van der Waals surface area (Å²) in [6.45, 7) is 0. The number of nitrogens with one attached hydrogen (secondary N) is 2. The molecule has 1 saturated carbocycles. The number of anilines is 2. The van der Waals surface area contributed by atoms with Crippen LogP contribution in [0.1, 0.15) is 32.1 Å². The van der Waals surface area contributed by atoms with E-state index < -0.39 is 0 Å². The van der Waals surface area contributed by atoms with Crippen LogP contribution in [0, 0.1) is 5.92 Å². The average molecular weight is 284 g/mol. The number of nitrogens with two attached hydrogens (primary N) is 1. The molecule has 5 heteroatoms. The smallest absolute Gasteiger partial charge is 0.227 e. The number of carbonyl (C=O) groups excluding carboxylic acids is 1. The van der Waals surface area contributed by atoms with Crippen LogP contribution < -0.4 is 11.1 Å². The highest BCUT2D eigenvalue weighted by molar-refractivity contribution is 5.96. The molecule has 1 aromatic heterocycles. The Balaban J connectivity index is 1.80. The first-order valence-electron chi connectivity index (χ1n) is 7.45. The molecule has 0 saturated heterocycles. The summed E-state index contributed by atoms with van der Waals surface area (Å²) in [4.78, 5) is 19.4. The van der Waals surface area contributed by atoms with Crippen molar-refractivity contribution in [3.05, 3.63) is 30.5 Å². The maximum absolute atomic E-state index is 12.4. The second-order valence-corrected chi connectivity index (χ2v) is 5.55. The Labute approximate surface area is 124 Å². The summed E-state index contributed by atoms with van der Waals surface area (Å²) in [6, 6.07) is 7.71. The first kappa shape index (κ1) is 13.7. The van der Waals surface area contributed by atoms with Gasteiger partial charge in [-0.1, -0.05) is 37.5 Å². The van der Waals surface area contributed by atoms with Gasteiger partial charge in [0, 0.05) is 11.5 Å². The summed E-state index contributed by atoms with van der Waals surface area (Å²) in [5.41, 5.74) is 8.15. The molecule has 4 N–H and O–H groups in total. The summed E-state index contributed by atoms with van der Waals surface area (Å²) in [7, 11) is 0. The molecule has 1 amide bonds. The van der Waals surface area contributed by atoms with E-state index in [-0.39, 0.29) is 11.8 Å². The second-order valence-electron chi connectivity index (χ2n) is 5.55. The van der Waals surface area contributed by atoms with E-state index in [4.69, 9.17) is 5.73 Å². The molecule has 0 atom stereocenters. The van der Waals surface area contributed by atoms with Crippen molar-refractivity contribution in [2.24, 2.45) is 5.92 Å². The Morgan fingerprint density at radius 1 is 1.24 bits per heavy atom. The molecule has 110 valence electrons. The van der Waals surface area contributed by atoms with Gasteiger partial charge in [-0.25, -0.2) is 4.98 Å². The van der Waals surface area contributed by atoms with Crippen molar-refractivity contribution >= 4 is 17.5 Å². The molecule has 5 nitrogen and oxygen atoms in total. The number of aromatic nitrogens is 2. The summed E-state index contributed by atoms with van der Waals surface area (Å²) in [5, 5.41) is 3.06. The van der Waals surface area contributed by atoms with Gasteiger partial charge in [0.25, 0.3) is 0 Å². The minimum absolute atomic E-state index is 0.120. The zero-order valence-electron chi connectivity index (χ0n) is 11.9. The average Bonchev–Trinajstić information content (AvgIpc) is 2.95. The van der Waals surface area contributed by atoms with E-state index >= 15 is 0 Å². The highest BCUT2D eigenvalue weighted by atomic mass is 16.1. The minimum Gasteiger partial charge on any atom is -0.369 e. The molecule has 0 aliphatic heterocycles. The van der Waals surface area contributed by atoms with Gasteiger partial charge in [0.2, 0.25) is 5.91 Å². The van der Waals surface area contributed by atoms with Crippen molar-refractivity contribution in [2.45, 2.75) is 32.1 Å². The zero-order chi connectivity index (χ0) is 14.7. The molecule has 0 spiro atoms. The number of imidazole rings is 1. The van der Waals surface area contributed by atoms with E-state index in [0.29, 0.717) is 5.95 Å². The molecular formula is C16H20N4O. The van der Waals surface area contributed by atoms with Gasteiger partial charge in [0.15, 0.2) is 5.95 Å². The lowest BCUT2D eigenvalue weighted by Crippen LogP contribution is -2.24. The fourth-order valence-electron chi connectivity index (χ4n) is 2.90. The predicted molar refractivity (Wildman–Crippen MR) is 83.6 cm³/mol. The maximum atomic E-state index is 12.4. The second kappa shape index (κ2) is 5.99. The van der Waals surface area contributed by atoms with Crippen LogP contribution in [-0.4, -0.2) is 15.9 Å². The van der Waals surface area contributed by atoms with Crippen LogP contribution in [0.25, 0.3) is 11.3 Å². The highest BCUT2D eigenvalue weighted by Gasteiger charge is 2.22. The summed E-state index contributed by atoms with van der Waals surface area (Å²) < 4.78 is 0. The van der Waals surface area contributed by atoms with Crippen molar-refractivity contribution in [1.29, 1.82) is 0 Å². The number of rotatable bonds is 3. The van der Waals surface area contributed by atoms with Crippen LogP contribution in [0.15, 0.2) is 30.5 Å². The first-order chi connectivity index (χ1) is 10.2. The quantitative estimate of drug-likeness (QED) is 0.809. The Kier molecular flexibility index (Phi) is 3.90. The van der Waals surface area contributed by atoms with Crippen molar-refractivity contribution < 1.29 is 4.79 Å². The van der Waals surface area contributed by atoms with Gasteiger partial charge in [0.05, 0.1) is 17.6 Å². The topological polar surface area (TPSA) is 83.8 Å². The molecule has 0 bridgehead atoms. The molecule has 0 radical (unpaired) electrons. The Morgan fingerprint density at radius 2 is 2.00 bits per heavy atom. The Morgan fingerprint density at radius 3 is 2.71 bits per heavy atom. The zero-order valence-corrected chi connectivity index (χ0v) is 11.9. The van der Waals surface area contributed by atoms with Gasteiger partial charge in [-0.3, -0.25) is 4.79 Å². The number of nitrogen functional groups attached to an aromatic ring is 1.